The summed E-state index contributed by atoms with van der Waals surface area (Å²) < 4.78 is 6.05. The predicted molar refractivity (Wildman–Crippen MR) is 109 cm³/mol. The Bertz CT molecular complexity index is 690. The van der Waals surface area contributed by atoms with Crippen molar-refractivity contribution in [2.45, 2.75) is 32.2 Å². The Morgan fingerprint density at radius 3 is 2.37 bits per heavy atom. The van der Waals surface area contributed by atoms with E-state index in [0.717, 1.165) is 44.8 Å². The van der Waals surface area contributed by atoms with Gasteiger partial charge >= 0.3 is 0 Å². The van der Waals surface area contributed by atoms with E-state index in [2.05, 4.69) is 36.1 Å². The molecule has 3 rings (SSSR count). The van der Waals surface area contributed by atoms with Crippen LogP contribution in [0.2, 0.25) is 0 Å². The fraction of sp³-hybridized carbons (Fsp3) is 0.435. The van der Waals surface area contributed by atoms with Crippen LogP contribution in [0.25, 0.3) is 0 Å². The molecule has 4 nitrogen and oxygen atoms in total. The lowest BCUT2D eigenvalue weighted by Gasteiger charge is -2.31. The van der Waals surface area contributed by atoms with Crippen LogP contribution in [-0.2, 0) is 11.2 Å². The average molecular weight is 367 g/mol. The molecule has 1 aliphatic rings. The van der Waals surface area contributed by atoms with Gasteiger partial charge in [-0.15, -0.1) is 0 Å². The van der Waals surface area contributed by atoms with E-state index >= 15 is 0 Å². The summed E-state index contributed by atoms with van der Waals surface area (Å²) in [7, 11) is 0. The maximum Gasteiger partial charge on any atom is 0.224 e. The van der Waals surface area contributed by atoms with Gasteiger partial charge in [-0.25, -0.2) is 0 Å². The fourth-order valence-electron chi connectivity index (χ4n) is 3.66. The number of benzene rings is 2. The van der Waals surface area contributed by atoms with Crippen molar-refractivity contribution in [3.63, 3.8) is 0 Å². The predicted octanol–water partition coefficient (Wildman–Crippen LogP) is 3.62. The molecule has 0 N–H and O–H groups in total. The van der Waals surface area contributed by atoms with Crippen molar-refractivity contribution >= 4 is 5.91 Å². The second kappa shape index (κ2) is 10.1. The maximum absolute atomic E-state index is 12.9. The number of carbonyl (C=O) groups excluding carboxylic acids is 1. The van der Waals surface area contributed by atoms with Gasteiger partial charge in [-0.3, -0.25) is 4.79 Å². The molecule has 0 radical (unpaired) electrons. The molecule has 0 aromatic heterocycles. The Labute approximate surface area is 162 Å². The van der Waals surface area contributed by atoms with Crippen LogP contribution in [0, 0.1) is 0 Å². The molecule has 1 fully saturated rings. The molecule has 144 valence electrons. The van der Waals surface area contributed by atoms with Crippen LogP contribution in [0.15, 0.2) is 60.7 Å². The summed E-state index contributed by atoms with van der Waals surface area (Å²) in [4.78, 5) is 17.3. The van der Waals surface area contributed by atoms with Gasteiger partial charge in [-0.2, -0.15) is 0 Å². The number of amides is 1. The highest BCUT2D eigenvalue weighted by Crippen LogP contribution is 2.16. The standard InChI is InChI=1S/C23H30N2O2/c1-2-14-24-15-13-23(26)25(17-16-24)21(18-20-9-5-3-6-10-20)19-27-22-11-7-4-8-12-22/h3-12,21H,2,13-19H2,1H3/t21-/m0/s1. The van der Waals surface area contributed by atoms with E-state index in [4.69, 9.17) is 4.74 Å². The van der Waals surface area contributed by atoms with Gasteiger partial charge in [0.2, 0.25) is 5.91 Å². The first-order valence-electron chi connectivity index (χ1n) is 10.00. The molecule has 1 saturated heterocycles. The van der Waals surface area contributed by atoms with Crippen LogP contribution < -0.4 is 4.74 Å². The maximum atomic E-state index is 12.9. The lowest BCUT2D eigenvalue weighted by atomic mass is 10.0. The summed E-state index contributed by atoms with van der Waals surface area (Å²) in [6, 6.07) is 20.3. The highest BCUT2D eigenvalue weighted by Gasteiger charge is 2.27. The van der Waals surface area contributed by atoms with Crippen LogP contribution >= 0.6 is 0 Å². The smallest absolute Gasteiger partial charge is 0.224 e. The van der Waals surface area contributed by atoms with Crippen molar-refractivity contribution in [2.24, 2.45) is 0 Å². The highest BCUT2D eigenvalue weighted by atomic mass is 16.5. The van der Waals surface area contributed by atoms with Crippen molar-refractivity contribution in [1.29, 1.82) is 0 Å². The summed E-state index contributed by atoms with van der Waals surface area (Å²) in [5.74, 6) is 1.09. The first kappa shape index (κ1) is 19.4. The molecule has 4 heteroatoms. The molecule has 0 bridgehead atoms. The number of carbonyl (C=O) groups is 1. The van der Waals surface area contributed by atoms with Crippen molar-refractivity contribution < 1.29 is 9.53 Å². The zero-order valence-corrected chi connectivity index (χ0v) is 16.2. The third kappa shape index (κ3) is 5.83. The zero-order valence-electron chi connectivity index (χ0n) is 16.2. The SMILES string of the molecule is CCCN1CCC(=O)N([C@H](COc2ccccc2)Cc2ccccc2)CC1. The Balaban J connectivity index is 1.72. The van der Waals surface area contributed by atoms with Crippen molar-refractivity contribution in [3.05, 3.63) is 66.2 Å². The Kier molecular flexibility index (Phi) is 7.28. The van der Waals surface area contributed by atoms with Gasteiger partial charge in [0, 0.05) is 26.1 Å². The molecule has 1 amide bonds. The van der Waals surface area contributed by atoms with Crippen molar-refractivity contribution in [3.8, 4) is 5.75 Å². The van der Waals surface area contributed by atoms with Gasteiger partial charge in [-0.1, -0.05) is 55.5 Å². The van der Waals surface area contributed by atoms with Gasteiger partial charge < -0.3 is 14.5 Å². The summed E-state index contributed by atoms with van der Waals surface area (Å²) >= 11 is 0. The summed E-state index contributed by atoms with van der Waals surface area (Å²) in [6.07, 6.45) is 2.53. The molecule has 27 heavy (non-hydrogen) atoms. The third-order valence-electron chi connectivity index (χ3n) is 5.10. The minimum Gasteiger partial charge on any atom is -0.491 e. The van der Waals surface area contributed by atoms with Crippen LogP contribution in [0.4, 0.5) is 0 Å². The van der Waals surface area contributed by atoms with Crippen molar-refractivity contribution in [1.82, 2.24) is 9.80 Å². The van der Waals surface area contributed by atoms with Crippen LogP contribution in [0.5, 0.6) is 5.75 Å². The third-order valence-corrected chi connectivity index (χ3v) is 5.10. The van der Waals surface area contributed by atoms with Crippen LogP contribution in [0.1, 0.15) is 25.3 Å². The first-order chi connectivity index (χ1) is 13.3. The number of hydrogen-bond acceptors (Lipinski definition) is 3. The van der Waals surface area contributed by atoms with E-state index in [1.54, 1.807) is 0 Å². The van der Waals surface area contributed by atoms with Crippen LogP contribution in [0.3, 0.4) is 0 Å². The Hall–Kier alpha value is -2.33. The molecule has 2 aromatic carbocycles. The van der Waals surface area contributed by atoms with Gasteiger partial charge in [0.05, 0.1) is 6.04 Å². The van der Waals surface area contributed by atoms with E-state index in [9.17, 15) is 4.79 Å². The molecular weight excluding hydrogens is 336 g/mol. The van der Waals surface area contributed by atoms with Gasteiger partial charge in [-0.05, 0) is 37.1 Å². The van der Waals surface area contributed by atoms with E-state index < -0.39 is 0 Å². The normalized spacial score (nSPS) is 16.8. The van der Waals surface area contributed by atoms with Gasteiger partial charge in [0.1, 0.15) is 12.4 Å². The molecule has 0 unspecified atom stereocenters. The second-order valence-corrected chi connectivity index (χ2v) is 7.15. The van der Waals surface area contributed by atoms with E-state index in [0.29, 0.717) is 13.0 Å². The van der Waals surface area contributed by atoms with E-state index in [1.165, 1.54) is 5.56 Å². The number of para-hydroxylation sites is 1. The summed E-state index contributed by atoms with van der Waals surface area (Å²) in [6.45, 7) is 6.34. The lowest BCUT2D eigenvalue weighted by Crippen LogP contribution is -2.46. The molecule has 2 aromatic rings. The number of hydrogen-bond donors (Lipinski definition) is 0. The molecular formula is C23H30N2O2. The minimum absolute atomic E-state index is 0.0432. The highest BCUT2D eigenvalue weighted by molar-refractivity contribution is 5.77. The quantitative estimate of drug-likeness (QED) is 0.715. The van der Waals surface area contributed by atoms with E-state index in [1.807, 2.05) is 41.3 Å². The molecule has 0 spiro atoms. The average Bonchev–Trinajstić information content (AvgIpc) is 2.89. The van der Waals surface area contributed by atoms with Crippen molar-refractivity contribution in [2.75, 3.05) is 32.8 Å². The topological polar surface area (TPSA) is 32.8 Å². The summed E-state index contributed by atoms with van der Waals surface area (Å²) in [5, 5.41) is 0. The molecule has 0 aliphatic carbocycles. The summed E-state index contributed by atoms with van der Waals surface area (Å²) in [5.41, 5.74) is 1.24. The van der Waals surface area contributed by atoms with Gasteiger partial charge in [0.15, 0.2) is 0 Å². The Morgan fingerprint density at radius 2 is 1.67 bits per heavy atom. The first-order valence-corrected chi connectivity index (χ1v) is 10.00. The molecule has 1 aliphatic heterocycles. The molecule has 1 atom stereocenters. The number of rotatable bonds is 8. The monoisotopic (exact) mass is 366 g/mol. The number of nitrogens with zero attached hydrogens (tertiary/aromatic N) is 2. The lowest BCUT2D eigenvalue weighted by molar-refractivity contribution is -0.133. The number of ether oxygens (including phenoxy) is 1. The fourth-order valence-corrected chi connectivity index (χ4v) is 3.66. The Morgan fingerprint density at radius 1 is 0.963 bits per heavy atom. The molecule has 1 heterocycles. The van der Waals surface area contributed by atoms with E-state index in [-0.39, 0.29) is 11.9 Å². The van der Waals surface area contributed by atoms with Gasteiger partial charge in [0.25, 0.3) is 0 Å². The second-order valence-electron chi connectivity index (χ2n) is 7.15. The van der Waals surface area contributed by atoms with Crippen LogP contribution in [-0.4, -0.2) is 54.5 Å². The largest absolute Gasteiger partial charge is 0.491 e. The molecule has 0 saturated carbocycles. The minimum atomic E-state index is 0.0432. The zero-order chi connectivity index (χ0) is 18.9.